The van der Waals surface area contributed by atoms with Crippen molar-refractivity contribution >= 4 is 54.6 Å². The van der Waals surface area contributed by atoms with Crippen LogP contribution in [0.1, 0.15) is 142 Å². The van der Waals surface area contributed by atoms with Crippen LogP contribution < -0.4 is 0 Å². The number of hydrogen-bond donors (Lipinski definition) is 0. The zero-order valence-electron chi connectivity index (χ0n) is 24.4. The van der Waals surface area contributed by atoms with Gasteiger partial charge in [-0.1, -0.05) is 153 Å². The minimum atomic E-state index is -3.08. The highest BCUT2D eigenvalue weighted by molar-refractivity contribution is 8.40. The summed E-state index contributed by atoms with van der Waals surface area (Å²) < 4.78 is 26.2. The molecule has 0 aliphatic carbocycles. The van der Waals surface area contributed by atoms with Crippen molar-refractivity contribution in [3.63, 3.8) is 0 Å². The van der Waals surface area contributed by atoms with E-state index in [1.165, 1.54) is 151 Å². The molecule has 0 amide bonds. The molecule has 0 aromatic carbocycles. The first-order valence-corrected chi connectivity index (χ1v) is 20.5. The van der Waals surface area contributed by atoms with Crippen LogP contribution in [0.3, 0.4) is 0 Å². The van der Waals surface area contributed by atoms with Gasteiger partial charge in [0.2, 0.25) is 0 Å². The normalized spacial score (nSPS) is 14.8. The number of unbranched alkanes of at least 4 members (excludes halogenated alkanes) is 18. The summed E-state index contributed by atoms with van der Waals surface area (Å²) in [5.41, 5.74) is 0. The second-order valence-electron chi connectivity index (χ2n) is 10.1. The zero-order chi connectivity index (χ0) is 27.0. The Hall–Kier alpha value is 1.29. The lowest BCUT2D eigenvalue weighted by molar-refractivity contribution is 0.279. The second kappa shape index (κ2) is 25.0. The Labute approximate surface area is 247 Å². The van der Waals surface area contributed by atoms with Crippen LogP contribution in [0.25, 0.3) is 0 Å². The van der Waals surface area contributed by atoms with E-state index in [4.69, 9.17) is 9.05 Å². The van der Waals surface area contributed by atoms with Crippen molar-refractivity contribution in [1.29, 1.82) is 0 Å². The minimum absolute atomic E-state index is 0.173. The van der Waals surface area contributed by atoms with Gasteiger partial charge in [0.25, 0.3) is 0 Å². The van der Waals surface area contributed by atoms with Crippen LogP contribution in [0, 0.1) is 0 Å². The van der Waals surface area contributed by atoms with Crippen molar-refractivity contribution in [3.8, 4) is 0 Å². The van der Waals surface area contributed by atoms with E-state index in [-0.39, 0.29) is 4.32 Å². The van der Waals surface area contributed by atoms with Crippen molar-refractivity contribution in [3.05, 3.63) is 8.47 Å². The minimum Gasteiger partial charge on any atom is -0.311 e. The Kier molecular flexibility index (Phi) is 24.6. The van der Waals surface area contributed by atoms with Gasteiger partial charge in [-0.05, 0) is 24.3 Å². The fourth-order valence-electron chi connectivity index (χ4n) is 4.37. The molecule has 0 radical (unpaired) electrons. The number of thioether (sulfide) groups is 4. The molecule has 220 valence electrons. The van der Waals surface area contributed by atoms with Crippen LogP contribution in [-0.4, -0.2) is 30.0 Å². The van der Waals surface area contributed by atoms with E-state index in [0.717, 1.165) is 11.5 Å². The molecule has 0 unspecified atom stereocenters. The van der Waals surface area contributed by atoms with Crippen molar-refractivity contribution in [2.75, 3.05) is 25.7 Å². The first kappa shape index (κ1) is 36.3. The van der Waals surface area contributed by atoms with Crippen LogP contribution in [0.4, 0.5) is 0 Å². The van der Waals surface area contributed by atoms with Crippen molar-refractivity contribution < 1.29 is 13.6 Å². The molecule has 1 aliphatic rings. The summed E-state index contributed by atoms with van der Waals surface area (Å²) in [5, 5.41) is 0. The molecular formula is C29H57O3PS4. The molecule has 8 heteroatoms. The summed E-state index contributed by atoms with van der Waals surface area (Å²) in [4.78, 5) is 0. The van der Waals surface area contributed by atoms with E-state index in [9.17, 15) is 4.57 Å². The quantitative estimate of drug-likeness (QED) is 0.0674. The lowest BCUT2D eigenvalue weighted by Gasteiger charge is -2.19. The first-order valence-electron chi connectivity index (χ1n) is 15.2. The molecule has 0 saturated carbocycles. The second-order valence-corrected chi connectivity index (χ2v) is 18.4. The van der Waals surface area contributed by atoms with Crippen molar-refractivity contribution in [1.82, 2.24) is 0 Å². The van der Waals surface area contributed by atoms with Gasteiger partial charge in [0.05, 0.1) is 8.47 Å². The molecule has 0 aromatic rings. The largest absolute Gasteiger partial charge is 0.353 e. The predicted octanol–water partition coefficient (Wildman–Crippen LogP) is 12.7. The van der Waals surface area contributed by atoms with Gasteiger partial charge in [0.15, 0.2) is 4.32 Å². The molecule has 0 fully saturated rings. The van der Waals surface area contributed by atoms with Crippen LogP contribution in [-0.2, 0) is 13.6 Å². The summed E-state index contributed by atoms with van der Waals surface area (Å²) in [6, 6.07) is 0. The van der Waals surface area contributed by atoms with Gasteiger partial charge in [0, 0.05) is 14.2 Å². The van der Waals surface area contributed by atoms with Crippen LogP contribution in [0.5, 0.6) is 0 Å². The zero-order valence-corrected chi connectivity index (χ0v) is 28.6. The molecule has 0 bridgehead atoms. The lowest BCUT2D eigenvalue weighted by atomic mass is 10.1. The molecule has 0 N–H and O–H groups in total. The molecule has 37 heavy (non-hydrogen) atoms. The molecule has 1 rings (SSSR count). The highest BCUT2D eigenvalue weighted by Gasteiger charge is 2.42. The average molecular weight is 613 g/mol. The number of rotatable bonds is 27. The van der Waals surface area contributed by atoms with Crippen LogP contribution >= 0.6 is 54.6 Å². The topological polar surface area (TPSA) is 35.5 Å². The molecule has 0 saturated heterocycles. The first-order chi connectivity index (χ1) is 18.1. The van der Waals surface area contributed by atoms with Gasteiger partial charge in [-0.2, -0.15) is 0 Å². The third-order valence-electron chi connectivity index (χ3n) is 6.81. The van der Waals surface area contributed by atoms with Crippen molar-refractivity contribution in [2.45, 2.75) is 147 Å². The van der Waals surface area contributed by atoms with E-state index >= 15 is 0 Å². The third kappa shape index (κ3) is 17.7. The molecule has 1 aliphatic heterocycles. The molecule has 0 spiro atoms. The molecular weight excluding hydrogens is 556 g/mol. The average Bonchev–Trinajstić information content (AvgIpc) is 3.33. The Morgan fingerprint density at radius 3 is 1.16 bits per heavy atom. The Balaban J connectivity index is 2.28. The lowest BCUT2D eigenvalue weighted by Crippen LogP contribution is -1.99. The molecule has 3 nitrogen and oxygen atoms in total. The van der Waals surface area contributed by atoms with Crippen LogP contribution in [0.2, 0.25) is 0 Å². The van der Waals surface area contributed by atoms with Gasteiger partial charge >= 0.3 is 7.60 Å². The summed E-state index contributed by atoms with van der Waals surface area (Å²) in [6.07, 6.45) is 27.4. The molecule has 0 aromatic heterocycles. The smallest absolute Gasteiger partial charge is 0.311 e. The molecule has 1 heterocycles. The highest BCUT2D eigenvalue weighted by atomic mass is 32.3. The van der Waals surface area contributed by atoms with Crippen LogP contribution in [0.15, 0.2) is 8.47 Å². The standard InChI is InChI=1S/C29H57O3PS4/c1-5-7-9-11-13-15-17-19-21-23-25-34-27-28(37-29(36-27)33(30,31-3)32-4)35-26-24-22-20-18-16-14-12-10-8-6-2/h29H,5-26H2,1-4H3. The van der Waals surface area contributed by atoms with E-state index in [2.05, 4.69) is 13.8 Å². The summed E-state index contributed by atoms with van der Waals surface area (Å²) in [5.74, 6) is 2.30. The Bertz CT molecular complexity index is 572. The van der Waals surface area contributed by atoms with E-state index < -0.39 is 7.60 Å². The highest BCUT2D eigenvalue weighted by Crippen LogP contribution is 2.69. The summed E-state index contributed by atoms with van der Waals surface area (Å²) in [7, 11) is -0.0601. The maximum atomic E-state index is 13.0. The van der Waals surface area contributed by atoms with Gasteiger partial charge < -0.3 is 9.05 Å². The fourth-order valence-corrected chi connectivity index (χ4v) is 13.9. The van der Waals surface area contributed by atoms with Gasteiger partial charge in [-0.25, -0.2) is 0 Å². The predicted molar refractivity (Wildman–Crippen MR) is 176 cm³/mol. The SMILES string of the molecule is CCCCCCCCCCCCSC1=C(SCCCCCCCCCCCC)SC(P(=O)(OC)OC)S1. The van der Waals surface area contributed by atoms with Crippen molar-refractivity contribution in [2.24, 2.45) is 0 Å². The number of hydrogen-bond acceptors (Lipinski definition) is 7. The Morgan fingerprint density at radius 1 is 0.568 bits per heavy atom. The third-order valence-corrected chi connectivity index (χ3v) is 16.1. The van der Waals surface area contributed by atoms with Gasteiger partial charge in [-0.15, -0.1) is 23.5 Å². The Morgan fingerprint density at radius 2 is 0.865 bits per heavy atom. The maximum Gasteiger partial charge on any atom is 0.353 e. The van der Waals surface area contributed by atoms with E-state index in [1.807, 2.05) is 23.5 Å². The molecule has 0 atom stereocenters. The summed E-state index contributed by atoms with van der Waals surface area (Å²) >= 11 is 7.35. The van der Waals surface area contributed by atoms with Gasteiger partial charge in [0.1, 0.15) is 0 Å². The fraction of sp³-hybridized carbons (Fsp3) is 0.931. The maximum absolute atomic E-state index is 13.0. The van der Waals surface area contributed by atoms with E-state index in [1.54, 1.807) is 23.5 Å². The van der Waals surface area contributed by atoms with E-state index in [0.29, 0.717) is 0 Å². The summed E-state index contributed by atoms with van der Waals surface area (Å²) in [6.45, 7) is 4.57. The van der Waals surface area contributed by atoms with Gasteiger partial charge in [-0.3, -0.25) is 4.57 Å². The monoisotopic (exact) mass is 612 g/mol.